The van der Waals surface area contributed by atoms with Crippen molar-refractivity contribution >= 4 is 23.5 Å². The Labute approximate surface area is 136 Å². The minimum absolute atomic E-state index is 0.0584. The van der Waals surface area contributed by atoms with E-state index < -0.39 is 24.3 Å². The molecule has 6 nitrogen and oxygen atoms in total. The van der Waals surface area contributed by atoms with Gasteiger partial charge in [-0.3, -0.25) is 4.79 Å². The fourth-order valence-corrected chi connectivity index (χ4v) is 2.09. The summed E-state index contributed by atoms with van der Waals surface area (Å²) in [6.07, 6.45) is 0. The molecule has 1 aromatic carbocycles. The summed E-state index contributed by atoms with van der Waals surface area (Å²) in [5, 5.41) is 3.78. The molecule has 0 aliphatic heterocycles. The van der Waals surface area contributed by atoms with Crippen molar-refractivity contribution < 1.29 is 23.2 Å². The average Bonchev–Trinajstić information content (AvgIpc) is 2.85. The Kier molecular flexibility index (Phi) is 5.00. The Balaban J connectivity index is 2.36. The highest BCUT2D eigenvalue weighted by Crippen LogP contribution is 2.33. The maximum Gasteiger partial charge on any atom is 0.344 e. The second-order valence-corrected chi connectivity index (χ2v) is 5.33. The zero-order valence-electron chi connectivity index (χ0n) is 12.7. The van der Waals surface area contributed by atoms with E-state index in [2.05, 4.69) is 5.16 Å². The van der Waals surface area contributed by atoms with Gasteiger partial charge in [0.25, 0.3) is 5.91 Å². The minimum Gasteiger partial charge on any atom is -0.452 e. The molecule has 0 aliphatic rings. The molecule has 0 fully saturated rings. The van der Waals surface area contributed by atoms with Crippen molar-refractivity contribution in [3.05, 3.63) is 40.4 Å². The number of benzene rings is 1. The summed E-state index contributed by atoms with van der Waals surface area (Å²) in [5.41, 5.74) is -0.187. The van der Waals surface area contributed by atoms with Crippen LogP contribution in [0.15, 0.2) is 22.7 Å². The van der Waals surface area contributed by atoms with Crippen LogP contribution in [0.3, 0.4) is 0 Å². The number of esters is 1. The molecule has 0 spiro atoms. The van der Waals surface area contributed by atoms with Crippen molar-refractivity contribution in [2.75, 3.05) is 20.7 Å². The van der Waals surface area contributed by atoms with Gasteiger partial charge in [0.1, 0.15) is 22.8 Å². The van der Waals surface area contributed by atoms with Crippen LogP contribution in [0.25, 0.3) is 11.3 Å². The number of halogens is 2. The molecular weight excluding hydrogens is 327 g/mol. The van der Waals surface area contributed by atoms with Crippen LogP contribution in [-0.4, -0.2) is 42.6 Å². The minimum atomic E-state index is -0.840. The molecule has 0 aliphatic carbocycles. The number of hydrogen-bond acceptors (Lipinski definition) is 5. The Morgan fingerprint density at radius 1 is 1.39 bits per heavy atom. The zero-order chi connectivity index (χ0) is 17.1. The van der Waals surface area contributed by atoms with Gasteiger partial charge in [0.2, 0.25) is 0 Å². The second kappa shape index (κ2) is 6.78. The molecule has 1 aromatic heterocycles. The predicted octanol–water partition coefficient (Wildman–Crippen LogP) is 2.69. The molecule has 0 bridgehead atoms. The summed E-state index contributed by atoms with van der Waals surface area (Å²) < 4.78 is 23.9. The molecule has 0 saturated carbocycles. The third-order valence-electron chi connectivity index (χ3n) is 3.09. The number of likely N-dealkylation sites (N-methyl/N-ethyl adjacent to an activating group) is 1. The van der Waals surface area contributed by atoms with E-state index in [1.54, 1.807) is 0 Å². The maximum absolute atomic E-state index is 14.0. The molecule has 0 atom stereocenters. The van der Waals surface area contributed by atoms with Gasteiger partial charge in [-0.25, -0.2) is 9.18 Å². The molecule has 0 radical (unpaired) electrons. The van der Waals surface area contributed by atoms with Crippen molar-refractivity contribution in [3.8, 4) is 11.3 Å². The van der Waals surface area contributed by atoms with Crippen LogP contribution in [0, 0.1) is 12.7 Å². The standard InChI is InChI=1S/C15H14ClFN2O4/c1-8-12(15(21)22-7-11(20)19(2)3)14(18-23-8)13-9(16)5-4-6-10(13)17/h4-6H,7H2,1-3H3. The summed E-state index contributed by atoms with van der Waals surface area (Å²) in [6.45, 7) is 1.04. The van der Waals surface area contributed by atoms with E-state index in [4.69, 9.17) is 20.9 Å². The predicted molar refractivity (Wildman–Crippen MR) is 80.6 cm³/mol. The molecule has 2 aromatic rings. The van der Waals surface area contributed by atoms with Crippen molar-refractivity contribution in [2.45, 2.75) is 6.92 Å². The maximum atomic E-state index is 14.0. The number of ether oxygens (including phenoxy) is 1. The lowest BCUT2D eigenvalue weighted by molar-refractivity contribution is -0.131. The van der Waals surface area contributed by atoms with Crippen molar-refractivity contribution in [2.24, 2.45) is 0 Å². The van der Waals surface area contributed by atoms with E-state index in [1.807, 2.05) is 0 Å². The molecule has 8 heteroatoms. The molecule has 1 amide bonds. The molecule has 23 heavy (non-hydrogen) atoms. The summed E-state index contributed by atoms with van der Waals surface area (Å²) in [6, 6.07) is 4.09. The van der Waals surface area contributed by atoms with E-state index in [1.165, 1.54) is 44.1 Å². The van der Waals surface area contributed by atoms with Crippen molar-refractivity contribution in [1.82, 2.24) is 10.1 Å². The largest absolute Gasteiger partial charge is 0.452 e. The lowest BCUT2D eigenvalue weighted by atomic mass is 10.1. The summed E-state index contributed by atoms with van der Waals surface area (Å²) in [7, 11) is 3.07. The van der Waals surface area contributed by atoms with Crippen LogP contribution in [0.5, 0.6) is 0 Å². The highest BCUT2D eigenvalue weighted by Gasteiger charge is 2.27. The molecule has 0 unspecified atom stereocenters. The number of aryl methyl sites for hydroxylation is 1. The lowest BCUT2D eigenvalue weighted by Crippen LogP contribution is -2.27. The molecule has 2 rings (SSSR count). The summed E-state index contributed by atoms with van der Waals surface area (Å²) in [4.78, 5) is 25.0. The van der Waals surface area contributed by atoms with E-state index in [9.17, 15) is 14.0 Å². The Hall–Kier alpha value is -2.41. The monoisotopic (exact) mass is 340 g/mol. The van der Waals surface area contributed by atoms with Crippen molar-refractivity contribution in [3.63, 3.8) is 0 Å². The second-order valence-electron chi connectivity index (χ2n) is 4.92. The van der Waals surface area contributed by atoms with Crippen LogP contribution in [0.4, 0.5) is 4.39 Å². The lowest BCUT2D eigenvalue weighted by Gasteiger charge is -2.10. The van der Waals surface area contributed by atoms with Gasteiger partial charge in [-0.15, -0.1) is 0 Å². The number of carbonyl (C=O) groups is 2. The first-order valence-corrected chi connectivity index (χ1v) is 6.98. The van der Waals surface area contributed by atoms with Gasteiger partial charge >= 0.3 is 5.97 Å². The van der Waals surface area contributed by atoms with Gasteiger partial charge in [0, 0.05) is 14.1 Å². The Morgan fingerprint density at radius 3 is 2.70 bits per heavy atom. The molecule has 1 heterocycles. The Bertz CT molecular complexity index is 738. The van der Waals surface area contributed by atoms with Crippen LogP contribution >= 0.6 is 11.6 Å². The van der Waals surface area contributed by atoms with Gasteiger partial charge in [-0.1, -0.05) is 22.8 Å². The first-order valence-electron chi connectivity index (χ1n) is 6.60. The third-order valence-corrected chi connectivity index (χ3v) is 3.41. The number of aromatic nitrogens is 1. The highest BCUT2D eigenvalue weighted by atomic mass is 35.5. The average molecular weight is 341 g/mol. The number of carbonyl (C=O) groups excluding carboxylic acids is 2. The van der Waals surface area contributed by atoms with Crippen LogP contribution < -0.4 is 0 Å². The normalized spacial score (nSPS) is 10.5. The molecular formula is C15H14ClFN2O4. The topological polar surface area (TPSA) is 72.6 Å². The fraction of sp³-hybridized carbons (Fsp3) is 0.267. The van der Waals surface area contributed by atoms with E-state index in [0.717, 1.165) is 0 Å². The molecule has 0 N–H and O–H groups in total. The molecule has 122 valence electrons. The SMILES string of the molecule is Cc1onc(-c2c(F)cccc2Cl)c1C(=O)OCC(=O)N(C)C. The fourth-order valence-electron chi connectivity index (χ4n) is 1.84. The number of nitrogens with zero attached hydrogens (tertiary/aromatic N) is 2. The van der Waals surface area contributed by atoms with Crippen LogP contribution in [0.1, 0.15) is 16.1 Å². The summed E-state index contributed by atoms with van der Waals surface area (Å²) >= 11 is 5.98. The number of rotatable bonds is 4. The van der Waals surface area contributed by atoms with Crippen molar-refractivity contribution in [1.29, 1.82) is 0 Å². The van der Waals surface area contributed by atoms with Gasteiger partial charge in [-0.05, 0) is 19.1 Å². The smallest absolute Gasteiger partial charge is 0.344 e. The van der Waals surface area contributed by atoms with E-state index in [0.29, 0.717) is 0 Å². The highest BCUT2D eigenvalue weighted by molar-refractivity contribution is 6.33. The number of hydrogen-bond donors (Lipinski definition) is 0. The van der Waals surface area contributed by atoms with Gasteiger partial charge < -0.3 is 14.2 Å². The first kappa shape index (κ1) is 17.0. The van der Waals surface area contributed by atoms with Crippen LogP contribution in [0.2, 0.25) is 5.02 Å². The molecule has 0 saturated heterocycles. The third kappa shape index (κ3) is 3.50. The van der Waals surface area contributed by atoms with Gasteiger partial charge in [-0.2, -0.15) is 0 Å². The first-order chi connectivity index (χ1) is 10.8. The van der Waals surface area contributed by atoms with E-state index in [-0.39, 0.29) is 27.6 Å². The summed E-state index contributed by atoms with van der Waals surface area (Å²) in [5.74, 6) is -1.74. The van der Waals surface area contributed by atoms with Gasteiger partial charge in [0.15, 0.2) is 6.61 Å². The Morgan fingerprint density at radius 2 is 2.09 bits per heavy atom. The van der Waals surface area contributed by atoms with E-state index >= 15 is 0 Å². The van der Waals surface area contributed by atoms with Gasteiger partial charge in [0.05, 0.1) is 10.6 Å². The quantitative estimate of drug-likeness (QED) is 0.800. The zero-order valence-corrected chi connectivity index (χ0v) is 13.5. The number of amides is 1. The van der Waals surface area contributed by atoms with Crippen LogP contribution in [-0.2, 0) is 9.53 Å².